The Morgan fingerprint density at radius 1 is 1.27 bits per heavy atom. The zero-order valence-electron chi connectivity index (χ0n) is 11.8. The van der Waals surface area contributed by atoms with Crippen molar-refractivity contribution in [2.45, 2.75) is 6.92 Å². The van der Waals surface area contributed by atoms with Crippen LogP contribution < -0.4 is 5.43 Å². The quantitative estimate of drug-likeness (QED) is 0.597. The molecule has 0 aliphatic rings. The molecule has 3 rings (SSSR count). The van der Waals surface area contributed by atoms with Crippen molar-refractivity contribution in [3.05, 3.63) is 70.6 Å². The number of amides is 1. The summed E-state index contributed by atoms with van der Waals surface area (Å²) in [5.41, 5.74) is 5.04. The Labute approximate surface area is 132 Å². The highest BCUT2D eigenvalue weighted by atomic mass is 35.5. The van der Waals surface area contributed by atoms with E-state index >= 15 is 0 Å². The maximum absolute atomic E-state index is 12.2. The van der Waals surface area contributed by atoms with Crippen molar-refractivity contribution in [2.75, 3.05) is 0 Å². The normalized spacial score (nSPS) is 11.2. The molecule has 0 bridgehead atoms. The van der Waals surface area contributed by atoms with E-state index in [4.69, 9.17) is 11.6 Å². The molecular formula is C16H13ClN4O. The molecule has 6 heteroatoms. The summed E-state index contributed by atoms with van der Waals surface area (Å²) in [5.74, 6) is -0.357. The monoisotopic (exact) mass is 312 g/mol. The van der Waals surface area contributed by atoms with Gasteiger partial charge in [-0.1, -0.05) is 35.9 Å². The Balaban J connectivity index is 1.79. The van der Waals surface area contributed by atoms with Crippen LogP contribution in [-0.2, 0) is 0 Å². The van der Waals surface area contributed by atoms with Gasteiger partial charge in [0, 0.05) is 16.8 Å². The number of halogens is 1. The van der Waals surface area contributed by atoms with Crippen LogP contribution in [0.1, 0.15) is 21.7 Å². The minimum atomic E-state index is -0.357. The van der Waals surface area contributed by atoms with Crippen LogP contribution in [0.15, 0.2) is 53.8 Å². The summed E-state index contributed by atoms with van der Waals surface area (Å²) in [6.45, 7) is 1.84. The molecule has 0 atom stereocenters. The van der Waals surface area contributed by atoms with Crippen LogP contribution in [0.3, 0.4) is 0 Å². The van der Waals surface area contributed by atoms with E-state index in [0.29, 0.717) is 10.7 Å². The number of pyridine rings is 1. The number of fused-ring (bicyclic) bond motifs is 1. The van der Waals surface area contributed by atoms with Crippen LogP contribution in [0.2, 0.25) is 5.02 Å². The Bertz CT molecular complexity index is 869. The number of nitrogens with one attached hydrogen (secondary N) is 1. The first-order valence-electron chi connectivity index (χ1n) is 6.68. The van der Waals surface area contributed by atoms with E-state index in [1.54, 1.807) is 6.07 Å². The largest absolute Gasteiger partial charge is 0.304 e. The molecule has 2 heterocycles. The number of imidazole rings is 1. The van der Waals surface area contributed by atoms with Gasteiger partial charge >= 0.3 is 0 Å². The number of hydrazone groups is 1. The second-order valence-electron chi connectivity index (χ2n) is 4.70. The minimum absolute atomic E-state index is 0.350. The van der Waals surface area contributed by atoms with Crippen LogP contribution in [0.4, 0.5) is 0 Å². The molecule has 5 nitrogen and oxygen atoms in total. The van der Waals surface area contributed by atoms with E-state index in [2.05, 4.69) is 15.5 Å². The van der Waals surface area contributed by atoms with Gasteiger partial charge in [0.2, 0.25) is 0 Å². The molecule has 0 saturated carbocycles. The molecule has 0 unspecified atom stereocenters. The highest BCUT2D eigenvalue weighted by Crippen LogP contribution is 2.13. The van der Waals surface area contributed by atoms with E-state index in [1.165, 1.54) is 6.21 Å². The summed E-state index contributed by atoms with van der Waals surface area (Å²) >= 11 is 6.02. The molecule has 1 amide bonds. The zero-order valence-corrected chi connectivity index (χ0v) is 12.6. The van der Waals surface area contributed by atoms with Crippen LogP contribution in [-0.4, -0.2) is 21.5 Å². The first-order chi connectivity index (χ1) is 10.7. The molecule has 2 aromatic heterocycles. The Morgan fingerprint density at radius 2 is 2.05 bits per heavy atom. The zero-order chi connectivity index (χ0) is 15.5. The number of rotatable bonds is 3. The van der Waals surface area contributed by atoms with Gasteiger partial charge in [0.05, 0.1) is 11.9 Å². The maximum atomic E-state index is 12.2. The third-order valence-electron chi connectivity index (χ3n) is 3.26. The minimum Gasteiger partial charge on any atom is -0.304 e. The molecule has 110 valence electrons. The summed E-state index contributed by atoms with van der Waals surface area (Å²) in [6, 6.07) is 12.9. The third kappa shape index (κ3) is 2.71. The van der Waals surface area contributed by atoms with Gasteiger partial charge in [-0.15, -0.1) is 0 Å². The van der Waals surface area contributed by atoms with Crippen molar-refractivity contribution in [1.29, 1.82) is 0 Å². The van der Waals surface area contributed by atoms with Gasteiger partial charge in [0.15, 0.2) is 5.69 Å². The van der Waals surface area contributed by atoms with E-state index in [1.807, 2.05) is 53.9 Å². The maximum Gasteiger partial charge on any atom is 0.291 e. The fourth-order valence-corrected chi connectivity index (χ4v) is 2.31. The van der Waals surface area contributed by atoms with E-state index in [0.717, 1.165) is 16.9 Å². The number of benzene rings is 1. The molecule has 0 fully saturated rings. The molecule has 0 radical (unpaired) electrons. The molecule has 0 aliphatic carbocycles. The van der Waals surface area contributed by atoms with Crippen molar-refractivity contribution < 1.29 is 4.79 Å². The number of nitrogens with zero attached hydrogens (tertiary/aromatic N) is 3. The van der Waals surface area contributed by atoms with E-state index in [9.17, 15) is 4.79 Å². The average Bonchev–Trinajstić information content (AvgIpc) is 2.87. The Hall–Kier alpha value is -2.66. The fraction of sp³-hybridized carbons (Fsp3) is 0.0625. The topological polar surface area (TPSA) is 58.8 Å². The van der Waals surface area contributed by atoms with Gasteiger partial charge in [-0.2, -0.15) is 5.10 Å². The van der Waals surface area contributed by atoms with Gasteiger partial charge in [-0.05, 0) is 25.1 Å². The van der Waals surface area contributed by atoms with Crippen molar-refractivity contribution in [1.82, 2.24) is 14.8 Å². The molecule has 3 aromatic rings. The Kier molecular flexibility index (Phi) is 3.89. The van der Waals surface area contributed by atoms with Gasteiger partial charge in [-0.25, -0.2) is 10.4 Å². The SMILES string of the molecule is Cc1c(C(=O)N/N=C/c2ccccc2Cl)nc2ccccn12. The lowest BCUT2D eigenvalue weighted by molar-refractivity contribution is 0.0950. The summed E-state index contributed by atoms with van der Waals surface area (Å²) in [5, 5.41) is 4.51. The third-order valence-corrected chi connectivity index (χ3v) is 3.60. The summed E-state index contributed by atoms with van der Waals surface area (Å²) in [6.07, 6.45) is 3.37. The van der Waals surface area contributed by atoms with E-state index in [-0.39, 0.29) is 5.91 Å². The fourth-order valence-electron chi connectivity index (χ4n) is 2.13. The predicted octanol–water partition coefficient (Wildman–Crippen LogP) is 3.06. The lowest BCUT2D eigenvalue weighted by Gasteiger charge is -1.99. The lowest BCUT2D eigenvalue weighted by atomic mass is 10.2. The highest BCUT2D eigenvalue weighted by molar-refractivity contribution is 6.33. The number of hydrogen-bond donors (Lipinski definition) is 1. The summed E-state index contributed by atoms with van der Waals surface area (Å²) < 4.78 is 1.85. The number of carbonyl (C=O) groups is 1. The first-order valence-corrected chi connectivity index (χ1v) is 7.06. The summed E-state index contributed by atoms with van der Waals surface area (Å²) in [7, 11) is 0. The van der Waals surface area contributed by atoms with Crippen molar-refractivity contribution in [2.24, 2.45) is 5.10 Å². The number of aromatic nitrogens is 2. The van der Waals surface area contributed by atoms with Crippen molar-refractivity contribution in [3.63, 3.8) is 0 Å². The second kappa shape index (κ2) is 5.99. The smallest absolute Gasteiger partial charge is 0.291 e. The number of hydrogen-bond acceptors (Lipinski definition) is 3. The average molecular weight is 313 g/mol. The van der Waals surface area contributed by atoms with Gasteiger partial charge in [0.25, 0.3) is 5.91 Å². The van der Waals surface area contributed by atoms with Crippen LogP contribution in [0.25, 0.3) is 5.65 Å². The number of aryl methyl sites for hydroxylation is 1. The molecule has 0 spiro atoms. The molecule has 22 heavy (non-hydrogen) atoms. The van der Waals surface area contributed by atoms with Crippen LogP contribution >= 0.6 is 11.6 Å². The van der Waals surface area contributed by atoms with E-state index < -0.39 is 0 Å². The number of carbonyl (C=O) groups excluding carboxylic acids is 1. The predicted molar refractivity (Wildman–Crippen MR) is 86.4 cm³/mol. The second-order valence-corrected chi connectivity index (χ2v) is 5.10. The Morgan fingerprint density at radius 3 is 2.82 bits per heavy atom. The standard InChI is InChI=1S/C16H13ClN4O/c1-11-15(19-14-8-4-5-9-21(11)14)16(22)20-18-10-12-6-2-3-7-13(12)17/h2-10H,1H3,(H,20,22)/b18-10+. The molecule has 0 aliphatic heterocycles. The summed E-state index contributed by atoms with van der Waals surface area (Å²) in [4.78, 5) is 16.5. The van der Waals surface area contributed by atoms with Gasteiger partial charge < -0.3 is 4.40 Å². The lowest BCUT2D eigenvalue weighted by Crippen LogP contribution is -2.19. The highest BCUT2D eigenvalue weighted by Gasteiger charge is 2.14. The molecule has 1 aromatic carbocycles. The first kappa shape index (κ1) is 14.3. The molecule has 0 saturated heterocycles. The van der Waals surface area contributed by atoms with Crippen LogP contribution in [0, 0.1) is 6.92 Å². The van der Waals surface area contributed by atoms with Gasteiger partial charge in [0.1, 0.15) is 5.65 Å². The van der Waals surface area contributed by atoms with Crippen molar-refractivity contribution >= 4 is 29.4 Å². The van der Waals surface area contributed by atoms with Gasteiger partial charge in [-0.3, -0.25) is 4.79 Å². The van der Waals surface area contributed by atoms with Crippen LogP contribution in [0.5, 0.6) is 0 Å². The molecular weight excluding hydrogens is 300 g/mol. The van der Waals surface area contributed by atoms with Crippen molar-refractivity contribution in [3.8, 4) is 0 Å². The molecule has 1 N–H and O–H groups in total.